The maximum absolute atomic E-state index is 8.47. The average Bonchev–Trinajstić information content (AvgIpc) is 2.17. The Morgan fingerprint density at radius 3 is 2.92 bits per heavy atom. The molecule has 0 aromatic heterocycles. The summed E-state index contributed by atoms with van der Waals surface area (Å²) in [6.07, 6.45) is 5.50. The van der Waals surface area contributed by atoms with E-state index in [0.29, 0.717) is 0 Å². The fourth-order valence-electron chi connectivity index (χ4n) is 1.04. The van der Waals surface area contributed by atoms with E-state index in [4.69, 9.17) is 10.9 Å². The maximum atomic E-state index is 8.47. The van der Waals surface area contributed by atoms with E-state index in [1.807, 2.05) is 25.1 Å². The molecule has 1 unspecified atom stereocenters. The lowest BCUT2D eigenvalue weighted by atomic mass is 10.1. The smallest absolute Gasteiger partial charge is 0.169 e. The van der Waals surface area contributed by atoms with Gasteiger partial charge in [-0.1, -0.05) is 5.16 Å². The fourth-order valence-corrected chi connectivity index (χ4v) is 1.04. The van der Waals surface area contributed by atoms with Gasteiger partial charge in [-0.15, -0.1) is 0 Å². The van der Waals surface area contributed by atoms with Gasteiger partial charge in [0.25, 0.3) is 0 Å². The minimum Gasteiger partial charge on any atom is -0.409 e. The Morgan fingerprint density at radius 2 is 2.38 bits per heavy atom. The molecule has 0 radical (unpaired) electrons. The summed E-state index contributed by atoms with van der Waals surface area (Å²) >= 11 is 0. The second-order valence-corrected chi connectivity index (χ2v) is 3.02. The molecule has 1 aliphatic heterocycles. The van der Waals surface area contributed by atoms with Crippen LogP contribution < -0.4 is 11.1 Å². The van der Waals surface area contributed by atoms with E-state index in [9.17, 15) is 0 Å². The molecule has 0 spiro atoms. The lowest BCUT2D eigenvalue weighted by molar-refractivity contribution is 0.313. The van der Waals surface area contributed by atoms with Crippen LogP contribution in [0.5, 0.6) is 0 Å². The van der Waals surface area contributed by atoms with Crippen molar-refractivity contribution in [3.05, 3.63) is 23.9 Å². The summed E-state index contributed by atoms with van der Waals surface area (Å²) in [5, 5.41) is 14.5. The second-order valence-electron chi connectivity index (χ2n) is 3.02. The summed E-state index contributed by atoms with van der Waals surface area (Å²) in [5.74, 6) is 0.129. The van der Waals surface area contributed by atoms with Crippen LogP contribution in [0.4, 0.5) is 0 Å². The number of amidine groups is 1. The summed E-state index contributed by atoms with van der Waals surface area (Å²) in [4.78, 5) is 1.98. The zero-order chi connectivity index (χ0) is 9.84. The molecule has 72 valence electrons. The van der Waals surface area contributed by atoms with E-state index >= 15 is 0 Å². The number of nitrogens with two attached hydrogens (primary N) is 1. The first kappa shape index (κ1) is 9.60. The molecule has 0 bridgehead atoms. The van der Waals surface area contributed by atoms with Crippen molar-refractivity contribution in [3.8, 4) is 0 Å². The number of hydrogen-bond donors (Lipinski definition) is 3. The Bertz CT molecular complexity index is 267. The number of nitrogens with one attached hydrogen (secondary N) is 1. The molecule has 0 saturated heterocycles. The topological polar surface area (TPSA) is 73.9 Å². The SMILES string of the molecule is CN(C)C1C=C(/C(N)=N/O)C=CN1. The number of hydrogen-bond acceptors (Lipinski definition) is 4. The van der Waals surface area contributed by atoms with Crippen LogP contribution in [0.2, 0.25) is 0 Å². The first-order valence-electron chi connectivity index (χ1n) is 3.94. The van der Waals surface area contributed by atoms with Crippen molar-refractivity contribution in [2.75, 3.05) is 14.1 Å². The minimum absolute atomic E-state index is 0.0836. The van der Waals surface area contributed by atoms with Crippen LogP contribution in [0, 0.1) is 0 Å². The molecule has 0 amide bonds. The number of dihydropyridines is 1. The number of rotatable bonds is 2. The van der Waals surface area contributed by atoms with Gasteiger partial charge in [-0.3, -0.25) is 4.90 Å². The van der Waals surface area contributed by atoms with Crippen molar-refractivity contribution in [2.45, 2.75) is 6.17 Å². The Balaban J connectivity index is 2.80. The van der Waals surface area contributed by atoms with Crippen LogP contribution in [0.15, 0.2) is 29.1 Å². The normalized spacial score (nSPS) is 22.8. The van der Waals surface area contributed by atoms with Gasteiger partial charge < -0.3 is 16.3 Å². The average molecular weight is 182 g/mol. The number of nitrogens with zero attached hydrogens (tertiary/aromatic N) is 2. The molecule has 5 heteroatoms. The first-order valence-corrected chi connectivity index (χ1v) is 3.94. The van der Waals surface area contributed by atoms with Crippen molar-refractivity contribution in [3.63, 3.8) is 0 Å². The third kappa shape index (κ3) is 2.22. The monoisotopic (exact) mass is 182 g/mol. The van der Waals surface area contributed by atoms with Crippen molar-refractivity contribution < 1.29 is 5.21 Å². The predicted octanol–water partition coefficient (Wildman–Crippen LogP) is -0.336. The summed E-state index contributed by atoms with van der Waals surface area (Å²) in [7, 11) is 3.88. The Kier molecular flexibility index (Phi) is 2.92. The molecule has 0 fully saturated rings. The molecule has 5 nitrogen and oxygen atoms in total. The van der Waals surface area contributed by atoms with E-state index in [2.05, 4.69) is 10.5 Å². The summed E-state index contributed by atoms with van der Waals surface area (Å²) in [6, 6.07) is 0. The standard InChI is InChI=1S/C8H14N4O/c1-12(2)7-5-6(3-4-10-7)8(9)11-13/h3-5,7,10,13H,1-2H3,(H2,9,11). The van der Waals surface area contributed by atoms with Crippen molar-refractivity contribution in [1.29, 1.82) is 0 Å². The second kappa shape index (κ2) is 3.95. The van der Waals surface area contributed by atoms with Crippen molar-refractivity contribution in [2.24, 2.45) is 10.9 Å². The van der Waals surface area contributed by atoms with E-state index in [-0.39, 0.29) is 12.0 Å². The molecule has 1 heterocycles. The highest BCUT2D eigenvalue weighted by atomic mass is 16.4. The molecule has 13 heavy (non-hydrogen) atoms. The van der Waals surface area contributed by atoms with Crippen LogP contribution in [0.3, 0.4) is 0 Å². The lowest BCUT2D eigenvalue weighted by Gasteiger charge is -2.24. The van der Waals surface area contributed by atoms with Gasteiger partial charge in [0.2, 0.25) is 0 Å². The molecule has 4 N–H and O–H groups in total. The molecule has 0 aromatic carbocycles. The molecule has 1 atom stereocenters. The van der Waals surface area contributed by atoms with E-state index in [1.165, 1.54) is 0 Å². The van der Waals surface area contributed by atoms with Crippen molar-refractivity contribution >= 4 is 5.84 Å². The third-order valence-corrected chi connectivity index (χ3v) is 1.83. The molecular weight excluding hydrogens is 168 g/mol. The first-order chi connectivity index (χ1) is 6.15. The molecule has 0 saturated carbocycles. The highest BCUT2D eigenvalue weighted by Gasteiger charge is 2.12. The van der Waals surface area contributed by atoms with Gasteiger partial charge in [0.15, 0.2) is 5.84 Å². The van der Waals surface area contributed by atoms with Crippen LogP contribution in [0.25, 0.3) is 0 Å². The molecule has 1 aliphatic rings. The van der Waals surface area contributed by atoms with Crippen molar-refractivity contribution in [1.82, 2.24) is 10.2 Å². The quantitative estimate of drug-likeness (QED) is 0.236. The van der Waals surface area contributed by atoms with E-state index < -0.39 is 0 Å². The largest absolute Gasteiger partial charge is 0.409 e. The van der Waals surface area contributed by atoms with Gasteiger partial charge in [-0.25, -0.2) is 0 Å². The van der Waals surface area contributed by atoms with Gasteiger partial charge >= 0.3 is 0 Å². The zero-order valence-electron chi connectivity index (χ0n) is 7.73. The zero-order valence-corrected chi connectivity index (χ0v) is 7.73. The van der Waals surface area contributed by atoms with Crippen LogP contribution >= 0.6 is 0 Å². The highest BCUT2D eigenvalue weighted by Crippen LogP contribution is 2.06. The number of oxime groups is 1. The molecule has 1 rings (SSSR count). The van der Waals surface area contributed by atoms with Crippen LogP contribution in [0.1, 0.15) is 0 Å². The fraction of sp³-hybridized carbons (Fsp3) is 0.375. The molecule has 0 aromatic rings. The lowest BCUT2D eigenvalue weighted by Crippen LogP contribution is -2.39. The summed E-state index contributed by atoms with van der Waals surface area (Å²) in [5.41, 5.74) is 6.17. The Hall–Kier alpha value is -1.49. The van der Waals surface area contributed by atoms with Gasteiger partial charge in [0.05, 0.1) is 6.17 Å². The van der Waals surface area contributed by atoms with Gasteiger partial charge in [0.1, 0.15) is 0 Å². The highest BCUT2D eigenvalue weighted by molar-refractivity contribution is 5.99. The van der Waals surface area contributed by atoms with Crippen LogP contribution in [-0.2, 0) is 0 Å². The predicted molar refractivity (Wildman–Crippen MR) is 51.2 cm³/mol. The van der Waals surface area contributed by atoms with Gasteiger partial charge in [0, 0.05) is 5.57 Å². The van der Waals surface area contributed by atoms with E-state index in [0.717, 1.165) is 5.57 Å². The maximum Gasteiger partial charge on any atom is 0.169 e. The Morgan fingerprint density at radius 1 is 1.69 bits per heavy atom. The third-order valence-electron chi connectivity index (χ3n) is 1.83. The molecular formula is C8H14N4O. The van der Waals surface area contributed by atoms with Gasteiger partial charge in [-0.2, -0.15) is 0 Å². The number of likely N-dealkylation sites (N-methyl/N-ethyl adjacent to an activating group) is 1. The molecule has 0 aliphatic carbocycles. The van der Waals surface area contributed by atoms with Crippen LogP contribution in [-0.4, -0.2) is 36.2 Å². The summed E-state index contributed by atoms with van der Waals surface area (Å²) in [6.45, 7) is 0. The van der Waals surface area contributed by atoms with E-state index in [1.54, 1.807) is 12.3 Å². The van der Waals surface area contributed by atoms with Gasteiger partial charge in [-0.05, 0) is 32.4 Å². The minimum atomic E-state index is 0.0836. The Labute approximate surface area is 77.2 Å². The summed E-state index contributed by atoms with van der Waals surface area (Å²) < 4.78 is 0.